The van der Waals surface area contributed by atoms with Crippen LogP contribution in [0, 0.1) is 5.92 Å². The number of benzene rings is 1. The molecule has 0 aliphatic rings. The molecular formula is C15H27Cl2N3O. The van der Waals surface area contributed by atoms with E-state index in [9.17, 15) is 4.79 Å². The highest BCUT2D eigenvalue weighted by Crippen LogP contribution is 2.19. The highest BCUT2D eigenvalue weighted by Gasteiger charge is 2.23. The number of hydrogen-bond acceptors (Lipinski definition) is 3. The number of amides is 1. The number of carbonyl (C=O) groups excluding carboxylic acids is 1. The summed E-state index contributed by atoms with van der Waals surface area (Å²) < 4.78 is 0. The fourth-order valence-electron chi connectivity index (χ4n) is 1.88. The van der Waals surface area contributed by atoms with E-state index in [2.05, 4.69) is 5.32 Å². The molecule has 0 bridgehead atoms. The van der Waals surface area contributed by atoms with E-state index in [1.165, 1.54) is 0 Å². The number of nitrogens with two attached hydrogens (primary N) is 1. The maximum Gasteiger partial charge on any atom is 0.241 e. The Morgan fingerprint density at radius 2 is 1.86 bits per heavy atom. The summed E-state index contributed by atoms with van der Waals surface area (Å²) >= 11 is 0. The van der Waals surface area contributed by atoms with Crippen LogP contribution in [0.5, 0.6) is 0 Å². The third kappa shape index (κ3) is 7.14. The molecule has 1 rings (SSSR count). The summed E-state index contributed by atoms with van der Waals surface area (Å²) in [6.07, 6.45) is 0. The van der Waals surface area contributed by atoms with Gasteiger partial charge in [0.1, 0.15) is 6.04 Å². The lowest BCUT2D eigenvalue weighted by atomic mass is 10.0. The second-order valence-electron chi connectivity index (χ2n) is 4.97. The lowest BCUT2D eigenvalue weighted by Gasteiger charge is -2.26. The summed E-state index contributed by atoms with van der Waals surface area (Å²) in [5.74, 6) is 0.336. The third-order valence-corrected chi connectivity index (χ3v) is 3.33. The highest BCUT2D eigenvalue weighted by atomic mass is 35.5. The van der Waals surface area contributed by atoms with Gasteiger partial charge in [-0.15, -0.1) is 24.8 Å². The Balaban J connectivity index is 0. The molecule has 1 amide bonds. The van der Waals surface area contributed by atoms with Gasteiger partial charge in [-0.25, -0.2) is 0 Å². The van der Waals surface area contributed by atoms with Gasteiger partial charge in [0.2, 0.25) is 5.91 Å². The van der Waals surface area contributed by atoms with E-state index in [0.29, 0.717) is 19.0 Å². The zero-order chi connectivity index (χ0) is 14.3. The molecule has 0 aliphatic carbocycles. The second kappa shape index (κ2) is 11.8. The number of likely N-dealkylation sites (N-methyl/N-ethyl adjacent to an activating group) is 1. The molecule has 0 spiro atoms. The van der Waals surface area contributed by atoms with Crippen molar-refractivity contribution in [3.05, 3.63) is 35.9 Å². The monoisotopic (exact) mass is 335 g/mol. The highest BCUT2D eigenvalue weighted by molar-refractivity contribution is 5.85. The van der Waals surface area contributed by atoms with Crippen LogP contribution in [0.2, 0.25) is 0 Å². The van der Waals surface area contributed by atoms with Crippen LogP contribution in [0.4, 0.5) is 0 Å². The molecule has 0 radical (unpaired) electrons. The maximum atomic E-state index is 12.4. The van der Waals surface area contributed by atoms with Gasteiger partial charge in [-0.2, -0.15) is 0 Å². The van der Waals surface area contributed by atoms with Crippen LogP contribution in [0.15, 0.2) is 30.3 Å². The third-order valence-electron chi connectivity index (χ3n) is 3.33. The first kappa shape index (κ1) is 22.5. The molecule has 0 fully saturated rings. The average molecular weight is 336 g/mol. The molecule has 0 saturated heterocycles. The maximum absolute atomic E-state index is 12.4. The molecular weight excluding hydrogens is 309 g/mol. The van der Waals surface area contributed by atoms with Crippen LogP contribution in [-0.2, 0) is 4.79 Å². The van der Waals surface area contributed by atoms with E-state index in [0.717, 1.165) is 12.1 Å². The lowest BCUT2D eigenvalue weighted by molar-refractivity contribution is -0.126. The molecule has 4 nitrogen and oxygen atoms in total. The molecule has 21 heavy (non-hydrogen) atoms. The molecule has 122 valence electrons. The molecule has 0 saturated carbocycles. The van der Waals surface area contributed by atoms with Crippen LogP contribution in [0.1, 0.15) is 25.5 Å². The Kier molecular flexibility index (Phi) is 12.6. The van der Waals surface area contributed by atoms with Crippen molar-refractivity contribution in [2.24, 2.45) is 11.7 Å². The molecule has 1 aromatic carbocycles. The topological polar surface area (TPSA) is 58.4 Å². The van der Waals surface area contributed by atoms with Crippen LogP contribution < -0.4 is 11.1 Å². The predicted octanol–water partition coefficient (Wildman–Crippen LogP) is 2.23. The molecule has 0 aliphatic heterocycles. The number of carbonyl (C=O) groups is 1. The predicted molar refractivity (Wildman–Crippen MR) is 93.2 cm³/mol. The number of halogens is 2. The van der Waals surface area contributed by atoms with Gasteiger partial charge < -0.3 is 11.1 Å². The minimum Gasteiger partial charge on any atom is -0.354 e. The zero-order valence-corrected chi connectivity index (χ0v) is 14.5. The molecule has 1 aromatic rings. The van der Waals surface area contributed by atoms with E-state index < -0.39 is 0 Å². The molecule has 6 heteroatoms. The summed E-state index contributed by atoms with van der Waals surface area (Å²) in [5.41, 5.74) is 6.59. The summed E-state index contributed by atoms with van der Waals surface area (Å²) in [5, 5.41) is 2.99. The van der Waals surface area contributed by atoms with Crippen molar-refractivity contribution in [2.75, 3.05) is 26.7 Å². The minimum absolute atomic E-state index is 0. The van der Waals surface area contributed by atoms with Crippen molar-refractivity contribution < 1.29 is 4.79 Å². The van der Waals surface area contributed by atoms with Crippen LogP contribution in [0.3, 0.4) is 0 Å². The first-order valence-electron chi connectivity index (χ1n) is 6.83. The van der Waals surface area contributed by atoms with Gasteiger partial charge in [-0.05, 0) is 31.6 Å². The fourth-order valence-corrected chi connectivity index (χ4v) is 1.88. The normalized spacial score (nSPS) is 12.8. The minimum atomic E-state index is -0.240. The van der Waals surface area contributed by atoms with Crippen LogP contribution in [0.25, 0.3) is 0 Å². The zero-order valence-electron chi connectivity index (χ0n) is 12.9. The first-order chi connectivity index (χ1) is 9.10. The lowest BCUT2D eigenvalue weighted by Crippen LogP contribution is -2.41. The van der Waals surface area contributed by atoms with Crippen molar-refractivity contribution in [1.82, 2.24) is 10.2 Å². The quantitative estimate of drug-likeness (QED) is 0.803. The van der Waals surface area contributed by atoms with Gasteiger partial charge in [-0.1, -0.05) is 44.2 Å². The second-order valence-corrected chi connectivity index (χ2v) is 4.97. The van der Waals surface area contributed by atoms with E-state index in [1.807, 2.05) is 56.1 Å². The van der Waals surface area contributed by atoms with E-state index in [-0.39, 0.29) is 36.8 Å². The SMILES string of the molecule is CCN(C)C(C(=O)NCC(C)CN)c1ccccc1.Cl.Cl. The van der Waals surface area contributed by atoms with Gasteiger partial charge in [0.15, 0.2) is 0 Å². The number of nitrogens with one attached hydrogen (secondary N) is 1. The Labute approximate surface area is 140 Å². The molecule has 2 atom stereocenters. The van der Waals surface area contributed by atoms with Crippen molar-refractivity contribution in [3.8, 4) is 0 Å². The van der Waals surface area contributed by atoms with Crippen molar-refractivity contribution >= 4 is 30.7 Å². The summed E-state index contributed by atoms with van der Waals surface area (Å²) in [6, 6.07) is 9.62. The Bertz CT molecular complexity index is 390. The summed E-state index contributed by atoms with van der Waals surface area (Å²) in [6.45, 7) is 6.10. The number of rotatable bonds is 7. The van der Waals surface area contributed by atoms with Crippen LogP contribution >= 0.6 is 24.8 Å². The fraction of sp³-hybridized carbons (Fsp3) is 0.533. The molecule has 0 aromatic heterocycles. The Hall–Kier alpha value is -0.810. The standard InChI is InChI=1S/C15H25N3O.2ClH/c1-4-18(3)14(13-8-6-5-7-9-13)15(19)17-11-12(2)10-16;;/h5-9,12,14H,4,10-11,16H2,1-3H3,(H,17,19);2*1H. The first-order valence-corrected chi connectivity index (χ1v) is 6.83. The van der Waals surface area contributed by atoms with Gasteiger partial charge >= 0.3 is 0 Å². The number of nitrogens with zero attached hydrogens (tertiary/aromatic N) is 1. The van der Waals surface area contributed by atoms with E-state index in [4.69, 9.17) is 5.73 Å². The summed E-state index contributed by atoms with van der Waals surface area (Å²) in [7, 11) is 1.96. The van der Waals surface area contributed by atoms with Gasteiger partial charge in [-0.3, -0.25) is 9.69 Å². The molecule has 0 heterocycles. The van der Waals surface area contributed by atoms with Crippen LogP contribution in [-0.4, -0.2) is 37.5 Å². The van der Waals surface area contributed by atoms with Gasteiger partial charge in [0.05, 0.1) is 0 Å². The largest absolute Gasteiger partial charge is 0.354 e. The number of hydrogen-bond donors (Lipinski definition) is 2. The average Bonchev–Trinajstić information content (AvgIpc) is 2.45. The smallest absolute Gasteiger partial charge is 0.241 e. The van der Waals surface area contributed by atoms with E-state index in [1.54, 1.807) is 0 Å². The molecule has 3 N–H and O–H groups in total. The van der Waals surface area contributed by atoms with Gasteiger partial charge in [0.25, 0.3) is 0 Å². The van der Waals surface area contributed by atoms with Crippen molar-refractivity contribution in [2.45, 2.75) is 19.9 Å². The Morgan fingerprint density at radius 3 is 2.33 bits per heavy atom. The Morgan fingerprint density at radius 1 is 1.29 bits per heavy atom. The van der Waals surface area contributed by atoms with Crippen molar-refractivity contribution in [3.63, 3.8) is 0 Å². The molecule has 2 unspecified atom stereocenters. The van der Waals surface area contributed by atoms with E-state index >= 15 is 0 Å². The van der Waals surface area contributed by atoms with Crippen molar-refractivity contribution in [1.29, 1.82) is 0 Å². The summed E-state index contributed by atoms with van der Waals surface area (Å²) in [4.78, 5) is 14.4. The van der Waals surface area contributed by atoms with Gasteiger partial charge in [0, 0.05) is 6.54 Å².